The molecular formula is C7H12N4O2. The number of rotatable bonds is 3. The van der Waals surface area contributed by atoms with Crippen LogP contribution in [0, 0.1) is 22.7 Å². The van der Waals surface area contributed by atoms with E-state index in [1.165, 1.54) is 0 Å². The van der Waals surface area contributed by atoms with E-state index in [4.69, 9.17) is 16.3 Å². The highest BCUT2D eigenvalue weighted by atomic mass is 16.5. The average Bonchev–Trinajstić information content (AvgIpc) is 2.07. The average molecular weight is 184 g/mol. The number of nitriles is 2. The predicted octanol–water partition coefficient (Wildman–Crippen LogP) is -0.146. The first kappa shape index (κ1) is 13.8. The standard InChI is InChI=1S/C4H6N2O2.C3H6N2/c5-2-1-3-8-4(6)7;4-2-1-3-5/h1,3H2,(H2,6,7);1-2,4H2. The third kappa shape index (κ3) is 25.4. The van der Waals surface area contributed by atoms with E-state index < -0.39 is 6.09 Å². The third-order valence-electron chi connectivity index (χ3n) is 0.714. The summed E-state index contributed by atoms with van der Waals surface area (Å²) in [6.45, 7) is 0.572. The smallest absolute Gasteiger partial charge is 0.404 e. The molecule has 0 spiro atoms. The molecule has 0 aromatic rings. The van der Waals surface area contributed by atoms with Crippen molar-refractivity contribution in [2.75, 3.05) is 13.2 Å². The fourth-order valence-electron chi connectivity index (χ4n) is 0.262. The Morgan fingerprint density at radius 1 is 1.31 bits per heavy atom. The zero-order valence-electron chi connectivity index (χ0n) is 7.19. The zero-order valence-corrected chi connectivity index (χ0v) is 7.19. The molecule has 0 bridgehead atoms. The number of nitrogens with zero attached hydrogens (tertiary/aromatic N) is 2. The second-order valence-corrected chi connectivity index (χ2v) is 1.77. The van der Waals surface area contributed by atoms with E-state index >= 15 is 0 Å². The summed E-state index contributed by atoms with van der Waals surface area (Å²) in [4.78, 5) is 9.76. The third-order valence-corrected chi connectivity index (χ3v) is 0.714. The lowest BCUT2D eigenvalue weighted by Crippen LogP contribution is -2.13. The van der Waals surface area contributed by atoms with Gasteiger partial charge in [0.15, 0.2) is 0 Å². The minimum Gasteiger partial charge on any atom is -0.449 e. The predicted molar refractivity (Wildman–Crippen MR) is 45.0 cm³/mol. The molecule has 0 unspecified atom stereocenters. The SMILES string of the molecule is N#CCCN.N#CCCOC(N)=O. The molecule has 0 aliphatic carbocycles. The van der Waals surface area contributed by atoms with E-state index in [9.17, 15) is 4.79 Å². The van der Waals surface area contributed by atoms with E-state index in [1.807, 2.05) is 6.07 Å². The van der Waals surface area contributed by atoms with E-state index in [0.717, 1.165) is 0 Å². The highest BCUT2D eigenvalue weighted by Gasteiger charge is 1.88. The molecule has 0 saturated heterocycles. The van der Waals surface area contributed by atoms with Crippen molar-refractivity contribution in [1.29, 1.82) is 10.5 Å². The number of ether oxygens (including phenoxy) is 1. The number of nitrogens with two attached hydrogens (primary N) is 2. The van der Waals surface area contributed by atoms with Gasteiger partial charge in [-0.1, -0.05) is 0 Å². The summed E-state index contributed by atoms with van der Waals surface area (Å²) in [5.74, 6) is 0. The van der Waals surface area contributed by atoms with Gasteiger partial charge in [0.1, 0.15) is 6.61 Å². The number of primary amides is 1. The van der Waals surface area contributed by atoms with Crippen molar-refractivity contribution in [2.45, 2.75) is 12.8 Å². The Labute approximate surface area is 76.7 Å². The summed E-state index contributed by atoms with van der Waals surface area (Å²) >= 11 is 0. The van der Waals surface area contributed by atoms with Crippen LogP contribution in [0.4, 0.5) is 4.79 Å². The van der Waals surface area contributed by atoms with Gasteiger partial charge in [0.05, 0.1) is 18.6 Å². The van der Waals surface area contributed by atoms with Gasteiger partial charge >= 0.3 is 6.09 Å². The van der Waals surface area contributed by atoms with E-state index in [2.05, 4.69) is 10.5 Å². The Morgan fingerprint density at radius 3 is 2.08 bits per heavy atom. The van der Waals surface area contributed by atoms with Crippen LogP contribution >= 0.6 is 0 Å². The summed E-state index contributed by atoms with van der Waals surface area (Å²) in [7, 11) is 0. The maximum Gasteiger partial charge on any atom is 0.404 e. The van der Waals surface area contributed by atoms with Gasteiger partial charge in [-0.25, -0.2) is 4.79 Å². The second kappa shape index (κ2) is 12.8. The largest absolute Gasteiger partial charge is 0.449 e. The monoisotopic (exact) mass is 184 g/mol. The fraction of sp³-hybridized carbons (Fsp3) is 0.571. The first-order valence-electron chi connectivity index (χ1n) is 3.55. The van der Waals surface area contributed by atoms with Crippen LogP contribution in [0.25, 0.3) is 0 Å². The van der Waals surface area contributed by atoms with Crippen LogP contribution in [0.15, 0.2) is 0 Å². The lowest BCUT2D eigenvalue weighted by atomic mass is 10.5. The number of carbonyl (C=O) groups is 1. The Balaban J connectivity index is 0. The van der Waals surface area contributed by atoms with Gasteiger partial charge in [0.2, 0.25) is 0 Å². The first-order chi connectivity index (χ1) is 6.18. The van der Waals surface area contributed by atoms with Crippen molar-refractivity contribution < 1.29 is 9.53 Å². The van der Waals surface area contributed by atoms with Crippen LogP contribution < -0.4 is 11.5 Å². The molecule has 0 atom stereocenters. The maximum atomic E-state index is 9.76. The van der Waals surface area contributed by atoms with Gasteiger partial charge in [0.25, 0.3) is 0 Å². The lowest BCUT2D eigenvalue weighted by molar-refractivity contribution is 0.159. The highest BCUT2D eigenvalue weighted by Crippen LogP contribution is 1.77. The van der Waals surface area contributed by atoms with Crippen LogP contribution in [-0.4, -0.2) is 19.2 Å². The van der Waals surface area contributed by atoms with E-state index in [0.29, 0.717) is 13.0 Å². The zero-order chi connectivity index (χ0) is 10.5. The maximum absolute atomic E-state index is 9.76. The van der Waals surface area contributed by atoms with Gasteiger partial charge in [-0.15, -0.1) is 0 Å². The lowest BCUT2D eigenvalue weighted by Gasteiger charge is -1.92. The van der Waals surface area contributed by atoms with Gasteiger partial charge in [-0.05, 0) is 0 Å². The number of hydrogen-bond acceptors (Lipinski definition) is 5. The van der Waals surface area contributed by atoms with Crippen molar-refractivity contribution in [3.63, 3.8) is 0 Å². The molecule has 13 heavy (non-hydrogen) atoms. The van der Waals surface area contributed by atoms with Crippen molar-refractivity contribution in [3.05, 3.63) is 0 Å². The summed E-state index contributed by atoms with van der Waals surface area (Å²) in [5, 5.41) is 15.6. The molecule has 6 nitrogen and oxygen atoms in total. The van der Waals surface area contributed by atoms with Crippen LogP contribution in [0.1, 0.15) is 12.8 Å². The summed E-state index contributed by atoms with van der Waals surface area (Å²) in [5.41, 5.74) is 9.48. The van der Waals surface area contributed by atoms with Crippen LogP contribution in [0.5, 0.6) is 0 Å². The molecule has 0 rings (SSSR count). The Morgan fingerprint density at radius 2 is 1.85 bits per heavy atom. The molecule has 0 aliphatic heterocycles. The van der Waals surface area contributed by atoms with Gasteiger partial charge in [0, 0.05) is 13.0 Å². The van der Waals surface area contributed by atoms with Crippen molar-refractivity contribution in [3.8, 4) is 12.1 Å². The fourth-order valence-corrected chi connectivity index (χ4v) is 0.262. The number of amides is 1. The van der Waals surface area contributed by atoms with Crippen molar-refractivity contribution >= 4 is 6.09 Å². The minimum absolute atomic E-state index is 0.0891. The van der Waals surface area contributed by atoms with Gasteiger partial charge < -0.3 is 16.2 Å². The molecule has 0 heterocycles. The molecule has 0 radical (unpaired) electrons. The molecule has 0 fully saturated rings. The molecule has 72 valence electrons. The molecule has 4 N–H and O–H groups in total. The van der Waals surface area contributed by atoms with E-state index in [1.54, 1.807) is 6.07 Å². The van der Waals surface area contributed by atoms with Crippen molar-refractivity contribution in [1.82, 2.24) is 0 Å². The first-order valence-corrected chi connectivity index (χ1v) is 3.55. The Hall–Kier alpha value is -1.79. The second-order valence-electron chi connectivity index (χ2n) is 1.77. The van der Waals surface area contributed by atoms with Crippen LogP contribution in [0.2, 0.25) is 0 Å². The van der Waals surface area contributed by atoms with Gasteiger partial charge in [-0.3, -0.25) is 0 Å². The molecule has 0 aromatic carbocycles. The number of hydrogen-bond donors (Lipinski definition) is 2. The molecule has 0 saturated carbocycles. The van der Waals surface area contributed by atoms with Gasteiger partial charge in [-0.2, -0.15) is 10.5 Å². The Bertz CT molecular complexity index is 204. The molecule has 0 aromatic heterocycles. The summed E-state index contributed by atoms with van der Waals surface area (Å²) in [6, 6.07) is 3.68. The molecular weight excluding hydrogens is 172 g/mol. The topological polar surface area (TPSA) is 126 Å². The minimum atomic E-state index is -0.833. The normalized spacial score (nSPS) is 7.00. The van der Waals surface area contributed by atoms with E-state index in [-0.39, 0.29) is 13.0 Å². The number of carbonyl (C=O) groups excluding carboxylic acids is 1. The Kier molecular flexibility index (Phi) is 13.6. The van der Waals surface area contributed by atoms with Crippen molar-refractivity contribution in [2.24, 2.45) is 11.5 Å². The molecule has 1 amide bonds. The quantitative estimate of drug-likeness (QED) is 0.590. The van der Waals surface area contributed by atoms with Crippen LogP contribution in [0.3, 0.4) is 0 Å². The van der Waals surface area contributed by atoms with Crippen LogP contribution in [-0.2, 0) is 4.74 Å². The molecule has 6 heteroatoms. The summed E-state index contributed by atoms with van der Waals surface area (Å²) < 4.78 is 4.20. The highest BCUT2D eigenvalue weighted by molar-refractivity contribution is 5.64. The summed E-state index contributed by atoms with van der Waals surface area (Å²) in [6.07, 6.45) is -0.164. The molecule has 0 aliphatic rings.